The molecule has 2 aromatic rings. The van der Waals surface area contributed by atoms with Gasteiger partial charge in [-0.05, 0) is 37.5 Å². The van der Waals surface area contributed by atoms with Crippen LogP contribution in [0.1, 0.15) is 13.3 Å². The molecule has 32 heavy (non-hydrogen) atoms. The van der Waals surface area contributed by atoms with Gasteiger partial charge in [0.1, 0.15) is 6.04 Å². The van der Waals surface area contributed by atoms with Crippen molar-refractivity contribution in [2.45, 2.75) is 31.5 Å². The summed E-state index contributed by atoms with van der Waals surface area (Å²) in [7, 11) is 0. The average Bonchev–Trinajstić information content (AvgIpc) is 2.80. The third kappa shape index (κ3) is 7.92. The van der Waals surface area contributed by atoms with Gasteiger partial charge in [0.05, 0.1) is 11.4 Å². The third-order valence-corrected chi connectivity index (χ3v) is 5.71. The number of hydrogen-bond acceptors (Lipinski definition) is 8. The molecule has 0 fully saturated rings. The van der Waals surface area contributed by atoms with Gasteiger partial charge >= 0.3 is 5.97 Å². The molecule has 8 nitrogen and oxygen atoms in total. The maximum Gasteiger partial charge on any atom is 0.326 e. The van der Waals surface area contributed by atoms with Gasteiger partial charge in [0.15, 0.2) is 6.10 Å². The molecule has 2 rings (SSSR count). The Kier molecular flexibility index (Phi) is 10.6. The summed E-state index contributed by atoms with van der Waals surface area (Å²) in [4.78, 5) is 28.7. The zero-order chi connectivity index (χ0) is 23.5. The monoisotopic (exact) mass is 478 g/mol. The molecule has 0 aliphatic carbocycles. The fourth-order valence-electron chi connectivity index (χ4n) is 2.74. The van der Waals surface area contributed by atoms with Crippen LogP contribution < -0.4 is 21.1 Å². The van der Waals surface area contributed by atoms with Crippen LogP contribution in [0.25, 0.3) is 11.3 Å². The Balaban J connectivity index is 2.21. The highest BCUT2D eigenvalue weighted by Crippen LogP contribution is 2.28. The number of thiol groups is 1. The van der Waals surface area contributed by atoms with Gasteiger partial charge < -0.3 is 26.2 Å². The molecule has 1 aromatic carbocycles. The number of amides is 1. The predicted octanol–water partition coefficient (Wildman–Crippen LogP) is 2.51. The molecule has 1 aromatic heterocycles. The number of ether oxygens (including phenoxy) is 1. The maximum absolute atomic E-state index is 12.6. The molecular weight excluding hydrogens is 448 g/mol. The number of carboxylic acids is 1. The number of thioether (sulfide) groups is 1. The first kappa shape index (κ1) is 25.8. The van der Waals surface area contributed by atoms with E-state index in [0.29, 0.717) is 35.9 Å². The Morgan fingerprint density at radius 3 is 2.59 bits per heavy atom. The van der Waals surface area contributed by atoms with Crippen molar-refractivity contribution in [2.24, 2.45) is 5.73 Å². The number of benzene rings is 1. The number of carbonyl (C=O) groups excluding carboxylic acids is 1. The summed E-state index contributed by atoms with van der Waals surface area (Å²) in [6, 6.07) is 12.1. The molecule has 10 heteroatoms. The minimum atomic E-state index is -1.08. The van der Waals surface area contributed by atoms with Crippen LogP contribution in [-0.2, 0) is 9.59 Å². The first-order chi connectivity index (χ1) is 15.3. The normalized spacial score (nSPS) is 13.6. The number of anilines is 1. The molecule has 0 spiro atoms. The van der Waals surface area contributed by atoms with Crippen molar-refractivity contribution in [3.05, 3.63) is 42.5 Å². The summed E-state index contributed by atoms with van der Waals surface area (Å²) in [5, 5.41) is 15.1. The minimum Gasteiger partial charge on any atom is -0.480 e. The summed E-state index contributed by atoms with van der Waals surface area (Å²) < 4.78 is 5.88. The second kappa shape index (κ2) is 13.2. The molecule has 0 saturated carbocycles. The number of aliphatic carboxylic acids is 1. The SMILES string of the molecule is CSCC[C@H](NC(=O)C(C)Oc1nc(-c2ccccc2)ccc1NCC(N)CS)C(=O)O. The highest BCUT2D eigenvalue weighted by Gasteiger charge is 2.24. The standard InChI is InChI=1S/C22H30N4O4S2/c1-14(20(27)25-19(22(28)29)10-11-32-2)30-21-18(24-12-16(23)13-31)9-8-17(26-21)15-6-4-3-5-7-15/h3-9,14,16,19,24,31H,10-13,23H2,1-2H3,(H,25,27)(H,28,29)/t14?,16?,19-/m0/s1. The van der Waals surface area contributed by atoms with Crippen molar-refractivity contribution >= 4 is 42.0 Å². The molecule has 174 valence electrons. The number of nitrogens with two attached hydrogens (primary N) is 1. The number of hydrogen-bond donors (Lipinski definition) is 5. The largest absolute Gasteiger partial charge is 0.480 e. The topological polar surface area (TPSA) is 127 Å². The molecule has 5 N–H and O–H groups in total. The summed E-state index contributed by atoms with van der Waals surface area (Å²) in [6.45, 7) is 2.01. The van der Waals surface area contributed by atoms with E-state index in [0.717, 1.165) is 5.56 Å². The summed E-state index contributed by atoms with van der Waals surface area (Å²) in [6.07, 6.45) is 1.25. The Bertz CT molecular complexity index is 885. The van der Waals surface area contributed by atoms with E-state index in [-0.39, 0.29) is 11.9 Å². The van der Waals surface area contributed by atoms with E-state index in [1.54, 1.807) is 6.92 Å². The smallest absolute Gasteiger partial charge is 0.326 e. The van der Waals surface area contributed by atoms with Crippen LogP contribution in [-0.4, -0.2) is 64.5 Å². The lowest BCUT2D eigenvalue weighted by molar-refractivity contribution is -0.143. The van der Waals surface area contributed by atoms with Crippen molar-refractivity contribution in [3.8, 4) is 17.1 Å². The summed E-state index contributed by atoms with van der Waals surface area (Å²) >= 11 is 5.71. The number of carbonyl (C=O) groups is 2. The van der Waals surface area contributed by atoms with Gasteiger partial charge in [-0.1, -0.05) is 30.3 Å². The van der Waals surface area contributed by atoms with E-state index in [4.69, 9.17) is 10.5 Å². The predicted molar refractivity (Wildman–Crippen MR) is 133 cm³/mol. The lowest BCUT2D eigenvalue weighted by atomic mass is 10.1. The zero-order valence-corrected chi connectivity index (χ0v) is 19.9. The summed E-state index contributed by atoms with van der Waals surface area (Å²) in [5.74, 6) is -0.247. The van der Waals surface area contributed by atoms with E-state index in [1.807, 2.05) is 48.7 Å². The van der Waals surface area contributed by atoms with Crippen LogP contribution in [0.2, 0.25) is 0 Å². The van der Waals surface area contributed by atoms with Crippen LogP contribution in [0, 0.1) is 0 Å². The number of nitrogens with one attached hydrogen (secondary N) is 2. The van der Waals surface area contributed by atoms with Crippen LogP contribution in [0.15, 0.2) is 42.5 Å². The van der Waals surface area contributed by atoms with Gasteiger partial charge in [-0.25, -0.2) is 9.78 Å². The van der Waals surface area contributed by atoms with Gasteiger partial charge in [0.25, 0.3) is 5.91 Å². The van der Waals surface area contributed by atoms with Crippen molar-refractivity contribution < 1.29 is 19.4 Å². The van der Waals surface area contributed by atoms with E-state index in [2.05, 4.69) is 28.2 Å². The molecule has 0 aliphatic rings. The fourth-order valence-corrected chi connectivity index (χ4v) is 3.34. The first-order valence-corrected chi connectivity index (χ1v) is 12.2. The Morgan fingerprint density at radius 1 is 1.25 bits per heavy atom. The second-order valence-electron chi connectivity index (χ2n) is 7.18. The minimum absolute atomic E-state index is 0.173. The fraction of sp³-hybridized carbons (Fsp3) is 0.409. The molecule has 1 heterocycles. The molecule has 1 amide bonds. The highest BCUT2D eigenvalue weighted by atomic mass is 32.2. The molecule has 3 atom stereocenters. The molecule has 0 saturated heterocycles. The Labute approximate surface area is 198 Å². The van der Waals surface area contributed by atoms with Gasteiger partial charge in [-0.2, -0.15) is 24.4 Å². The maximum atomic E-state index is 12.6. The van der Waals surface area contributed by atoms with Crippen molar-refractivity contribution in [1.29, 1.82) is 0 Å². The molecule has 0 radical (unpaired) electrons. The van der Waals surface area contributed by atoms with Gasteiger partial charge in [0.2, 0.25) is 5.88 Å². The van der Waals surface area contributed by atoms with E-state index in [9.17, 15) is 14.7 Å². The lowest BCUT2D eigenvalue weighted by Crippen LogP contribution is -2.46. The van der Waals surface area contributed by atoms with Crippen LogP contribution >= 0.6 is 24.4 Å². The summed E-state index contributed by atoms with van der Waals surface area (Å²) in [5.41, 5.74) is 8.11. The van der Waals surface area contributed by atoms with E-state index >= 15 is 0 Å². The molecule has 0 bridgehead atoms. The molecular formula is C22H30N4O4S2. The van der Waals surface area contributed by atoms with Crippen molar-refractivity contribution in [3.63, 3.8) is 0 Å². The average molecular weight is 479 g/mol. The van der Waals surface area contributed by atoms with Gasteiger partial charge in [0, 0.05) is 23.9 Å². The van der Waals surface area contributed by atoms with E-state index in [1.165, 1.54) is 11.8 Å². The van der Waals surface area contributed by atoms with Crippen LogP contribution in [0.4, 0.5) is 5.69 Å². The van der Waals surface area contributed by atoms with Crippen molar-refractivity contribution in [2.75, 3.05) is 29.6 Å². The molecule has 0 aliphatic heterocycles. The van der Waals surface area contributed by atoms with Gasteiger partial charge in [-0.3, -0.25) is 4.79 Å². The van der Waals surface area contributed by atoms with Crippen molar-refractivity contribution in [1.82, 2.24) is 10.3 Å². The number of pyridine rings is 1. The molecule has 2 unspecified atom stereocenters. The van der Waals surface area contributed by atoms with Crippen LogP contribution in [0.5, 0.6) is 5.88 Å². The van der Waals surface area contributed by atoms with Crippen LogP contribution in [0.3, 0.4) is 0 Å². The van der Waals surface area contributed by atoms with Gasteiger partial charge in [-0.15, -0.1) is 0 Å². The Morgan fingerprint density at radius 2 is 1.97 bits per heavy atom. The number of nitrogens with zero attached hydrogens (tertiary/aromatic N) is 1. The number of aromatic nitrogens is 1. The van der Waals surface area contributed by atoms with E-state index < -0.39 is 24.0 Å². The number of rotatable bonds is 13. The quantitative estimate of drug-likeness (QED) is 0.278. The lowest BCUT2D eigenvalue weighted by Gasteiger charge is -2.21. The Hall–Kier alpha value is -2.43. The number of carboxylic acid groups (broad SMARTS) is 1. The first-order valence-electron chi connectivity index (χ1n) is 10.2. The highest BCUT2D eigenvalue weighted by molar-refractivity contribution is 7.98. The third-order valence-electron chi connectivity index (χ3n) is 4.60. The second-order valence-corrected chi connectivity index (χ2v) is 8.53. The zero-order valence-electron chi connectivity index (χ0n) is 18.2.